The van der Waals surface area contributed by atoms with Gasteiger partial charge in [-0.2, -0.15) is 0 Å². The topological polar surface area (TPSA) is 96.2 Å². The van der Waals surface area contributed by atoms with Crippen molar-refractivity contribution in [2.45, 2.75) is 6.42 Å². The summed E-state index contributed by atoms with van der Waals surface area (Å²) in [4.78, 5) is 26.7. The number of rotatable bonds is 4. The molecule has 0 saturated heterocycles. The predicted octanol–water partition coefficient (Wildman–Crippen LogP) is 3.10. The van der Waals surface area contributed by atoms with Crippen LogP contribution in [0.4, 0.5) is 0 Å². The second-order valence-corrected chi connectivity index (χ2v) is 5.10. The van der Waals surface area contributed by atoms with Crippen molar-refractivity contribution >= 4 is 17.5 Å². The molecule has 1 aliphatic heterocycles. The highest BCUT2D eigenvalue weighted by molar-refractivity contribution is 6.20. The molecule has 2 N–H and O–H groups in total. The van der Waals surface area contributed by atoms with Crippen LogP contribution in [0.5, 0.6) is 11.5 Å². The summed E-state index contributed by atoms with van der Waals surface area (Å²) >= 11 is 0. The minimum atomic E-state index is -1.44. The van der Waals surface area contributed by atoms with Gasteiger partial charge in [0, 0.05) is 0 Å². The number of carbonyl (C=O) groups excluding carboxylic acids is 1. The lowest BCUT2D eigenvalue weighted by atomic mass is 10.0. The number of benzene rings is 2. The zero-order chi connectivity index (χ0) is 17.1. The van der Waals surface area contributed by atoms with Gasteiger partial charge in [-0.05, 0) is 42.0 Å². The number of carboxylic acid groups (broad SMARTS) is 1. The SMILES string of the molecule is O=C(O)C1=C(O)C(=O)CC(c2ccc(Oc3ccccc3)cc2)=N1. The van der Waals surface area contributed by atoms with Gasteiger partial charge in [0.25, 0.3) is 0 Å². The molecule has 120 valence electrons. The highest BCUT2D eigenvalue weighted by Gasteiger charge is 2.27. The summed E-state index contributed by atoms with van der Waals surface area (Å²) in [6.45, 7) is 0. The number of hydrogen-bond acceptors (Lipinski definition) is 5. The molecule has 0 fully saturated rings. The van der Waals surface area contributed by atoms with Crippen molar-refractivity contribution < 1.29 is 24.5 Å². The summed E-state index contributed by atoms with van der Waals surface area (Å²) in [5.41, 5.74) is 0.252. The molecule has 1 aliphatic rings. The van der Waals surface area contributed by atoms with E-state index in [-0.39, 0.29) is 6.42 Å². The molecule has 0 aliphatic carbocycles. The van der Waals surface area contributed by atoms with Gasteiger partial charge in [0.15, 0.2) is 11.5 Å². The second kappa shape index (κ2) is 6.37. The lowest BCUT2D eigenvalue weighted by molar-refractivity contribution is -0.133. The van der Waals surface area contributed by atoms with E-state index in [1.165, 1.54) is 0 Å². The Morgan fingerprint density at radius 2 is 1.62 bits per heavy atom. The molecule has 0 unspecified atom stereocenters. The molecular formula is C18H13NO5. The quantitative estimate of drug-likeness (QED) is 0.901. The van der Waals surface area contributed by atoms with E-state index < -0.39 is 23.2 Å². The molecule has 3 rings (SSSR count). The fourth-order valence-corrected chi connectivity index (χ4v) is 2.25. The van der Waals surface area contributed by atoms with Gasteiger partial charge < -0.3 is 14.9 Å². The lowest BCUT2D eigenvalue weighted by Crippen LogP contribution is -2.21. The standard InChI is InChI=1S/C18H13NO5/c20-15-10-14(19-16(17(15)21)18(22)23)11-6-8-13(9-7-11)24-12-4-2-1-3-5-12/h1-9,21H,10H2,(H,22,23). The number of carbonyl (C=O) groups is 2. The Hall–Kier alpha value is -3.41. The average molecular weight is 323 g/mol. The van der Waals surface area contributed by atoms with Gasteiger partial charge in [-0.1, -0.05) is 18.2 Å². The summed E-state index contributed by atoms with van der Waals surface area (Å²) in [6, 6.07) is 16.0. The van der Waals surface area contributed by atoms with Gasteiger partial charge in [-0.3, -0.25) is 4.79 Å². The zero-order valence-corrected chi connectivity index (χ0v) is 12.5. The van der Waals surface area contributed by atoms with Crippen LogP contribution >= 0.6 is 0 Å². The third-order valence-corrected chi connectivity index (χ3v) is 3.43. The highest BCUT2D eigenvalue weighted by Crippen LogP contribution is 2.24. The summed E-state index contributed by atoms with van der Waals surface area (Å²) in [6.07, 6.45) is -0.151. The molecule has 0 radical (unpaired) electrons. The van der Waals surface area contributed by atoms with Gasteiger partial charge >= 0.3 is 5.97 Å². The minimum Gasteiger partial charge on any atom is -0.503 e. The summed E-state index contributed by atoms with van der Waals surface area (Å²) in [5.74, 6) is -1.62. The van der Waals surface area contributed by atoms with Crippen LogP contribution in [0.3, 0.4) is 0 Å². The first kappa shape index (κ1) is 15.5. The zero-order valence-electron chi connectivity index (χ0n) is 12.5. The summed E-state index contributed by atoms with van der Waals surface area (Å²) in [7, 11) is 0. The third kappa shape index (κ3) is 3.17. The van der Waals surface area contributed by atoms with E-state index >= 15 is 0 Å². The number of aliphatic imine (C=N–C) groups is 1. The minimum absolute atomic E-state index is 0.151. The highest BCUT2D eigenvalue weighted by atomic mass is 16.5. The van der Waals surface area contributed by atoms with E-state index in [9.17, 15) is 14.7 Å². The first-order chi connectivity index (χ1) is 11.5. The maximum atomic E-state index is 11.7. The molecule has 6 nitrogen and oxygen atoms in total. The van der Waals surface area contributed by atoms with Crippen molar-refractivity contribution in [3.05, 3.63) is 71.6 Å². The number of aliphatic carboxylic acids is 1. The molecule has 0 spiro atoms. The van der Waals surface area contributed by atoms with Crippen LogP contribution in [0.15, 0.2) is 71.0 Å². The number of ketones is 1. The molecule has 0 saturated carbocycles. The Bertz CT molecular complexity index is 851. The number of aliphatic hydroxyl groups is 1. The molecule has 0 aromatic heterocycles. The Kier molecular flexibility index (Phi) is 4.11. The number of para-hydroxylation sites is 1. The van der Waals surface area contributed by atoms with E-state index in [1.54, 1.807) is 24.3 Å². The molecule has 24 heavy (non-hydrogen) atoms. The number of hydrogen-bond donors (Lipinski definition) is 2. The maximum Gasteiger partial charge on any atom is 0.358 e. The summed E-state index contributed by atoms with van der Waals surface area (Å²) < 4.78 is 5.67. The van der Waals surface area contributed by atoms with E-state index in [0.717, 1.165) is 0 Å². The monoisotopic (exact) mass is 323 g/mol. The first-order valence-corrected chi connectivity index (χ1v) is 7.15. The Morgan fingerprint density at radius 3 is 2.25 bits per heavy atom. The third-order valence-electron chi connectivity index (χ3n) is 3.43. The smallest absolute Gasteiger partial charge is 0.358 e. The number of carboxylic acids is 1. The Balaban J connectivity index is 1.85. The van der Waals surface area contributed by atoms with E-state index in [2.05, 4.69) is 4.99 Å². The van der Waals surface area contributed by atoms with Gasteiger partial charge in [0.05, 0.1) is 12.1 Å². The molecule has 0 atom stereocenters. The molecule has 0 amide bonds. The number of Topliss-reactive ketones (excluding diaryl/α,β-unsaturated/α-hetero) is 1. The van der Waals surface area contributed by atoms with Crippen LogP contribution in [0.2, 0.25) is 0 Å². The lowest BCUT2D eigenvalue weighted by Gasteiger charge is -2.13. The Labute approximate surface area is 137 Å². The number of aliphatic hydroxyl groups excluding tert-OH is 1. The van der Waals surface area contributed by atoms with E-state index in [1.807, 2.05) is 30.3 Å². The predicted molar refractivity (Wildman–Crippen MR) is 86.4 cm³/mol. The average Bonchev–Trinajstić information content (AvgIpc) is 2.58. The van der Waals surface area contributed by atoms with Crippen LogP contribution < -0.4 is 4.74 Å². The molecular weight excluding hydrogens is 310 g/mol. The van der Waals surface area contributed by atoms with Gasteiger partial charge in [0.2, 0.25) is 5.78 Å². The fraction of sp³-hybridized carbons (Fsp3) is 0.0556. The molecule has 2 aromatic rings. The van der Waals surface area contributed by atoms with Crippen molar-refractivity contribution in [1.82, 2.24) is 0 Å². The fourth-order valence-electron chi connectivity index (χ4n) is 2.25. The van der Waals surface area contributed by atoms with Crippen LogP contribution in [0.25, 0.3) is 0 Å². The van der Waals surface area contributed by atoms with Crippen molar-refractivity contribution in [3.8, 4) is 11.5 Å². The second-order valence-electron chi connectivity index (χ2n) is 5.10. The number of ether oxygens (including phenoxy) is 1. The Morgan fingerprint density at radius 1 is 1.00 bits per heavy atom. The van der Waals surface area contributed by atoms with Crippen LogP contribution in [0.1, 0.15) is 12.0 Å². The van der Waals surface area contributed by atoms with Crippen molar-refractivity contribution in [2.75, 3.05) is 0 Å². The number of nitrogens with zero attached hydrogens (tertiary/aromatic N) is 1. The van der Waals surface area contributed by atoms with Gasteiger partial charge in [0.1, 0.15) is 11.5 Å². The van der Waals surface area contributed by atoms with Crippen LogP contribution in [0, 0.1) is 0 Å². The van der Waals surface area contributed by atoms with Crippen molar-refractivity contribution in [3.63, 3.8) is 0 Å². The largest absolute Gasteiger partial charge is 0.503 e. The summed E-state index contributed by atoms with van der Waals surface area (Å²) in [5, 5.41) is 18.5. The first-order valence-electron chi connectivity index (χ1n) is 7.15. The van der Waals surface area contributed by atoms with Crippen molar-refractivity contribution in [1.29, 1.82) is 0 Å². The van der Waals surface area contributed by atoms with Gasteiger partial charge in [-0.15, -0.1) is 0 Å². The van der Waals surface area contributed by atoms with Crippen molar-refractivity contribution in [2.24, 2.45) is 4.99 Å². The van der Waals surface area contributed by atoms with E-state index in [0.29, 0.717) is 22.8 Å². The number of allylic oxidation sites excluding steroid dienone is 1. The van der Waals surface area contributed by atoms with Crippen LogP contribution in [-0.2, 0) is 9.59 Å². The molecule has 2 aromatic carbocycles. The normalized spacial score (nSPS) is 14.3. The molecule has 6 heteroatoms. The molecule has 0 bridgehead atoms. The van der Waals surface area contributed by atoms with Gasteiger partial charge in [-0.25, -0.2) is 9.79 Å². The van der Waals surface area contributed by atoms with E-state index in [4.69, 9.17) is 9.84 Å². The van der Waals surface area contributed by atoms with Crippen LogP contribution in [-0.4, -0.2) is 27.7 Å². The molecule has 1 heterocycles. The maximum absolute atomic E-state index is 11.7.